The maximum Gasteiger partial charge on any atom is 0.228 e. The standard InChI is InChI=1S/C17H20N2O2/c1-11-7-14(18)8-12(2)17(11)19-16(20)10-13-5-4-6-15(9-13)21-3/h4-9H,10,18H2,1-3H3,(H,19,20). The van der Waals surface area contributed by atoms with Crippen LogP contribution >= 0.6 is 0 Å². The molecule has 2 aromatic rings. The van der Waals surface area contributed by atoms with Crippen LogP contribution in [0.25, 0.3) is 0 Å². The molecule has 0 saturated carbocycles. The Morgan fingerprint density at radius 3 is 2.48 bits per heavy atom. The van der Waals surface area contributed by atoms with Gasteiger partial charge in [-0.1, -0.05) is 12.1 Å². The Balaban J connectivity index is 2.12. The zero-order chi connectivity index (χ0) is 15.4. The fraction of sp³-hybridized carbons (Fsp3) is 0.235. The molecular formula is C17H20N2O2. The van der Waals surface area contributed by atoms with Gasteiger partial charge in [-0.2, -0.15) is 0 Å². The summed E-state index contributed by atoms with van der Waals surface area (Å²) in [5.74, 6) is 0.694. The number of nitrogens with two attached hydrogens (primary N) is 1. The highest BCUT2D eigenvalue weighted by Gasteiger charge is 2.09. The van der Waals surface area contributed by atoms with Crippen molar-refractivity contribution in [2.24, 2.45) is 0 Å². The van der Waals surface area contributed by atoms with Gasteiger partial charge in [0.05, 0.1) is 13.5 Å². The van der Waals surface area contributed by atoms with Gasteiger partial charge in [-0.15, -0.1) is 0 Å². The van der Waals surface area contributed by atoms with Crippen LogP contribution in [0, 0.1) is 13.8 Å². The summed E-state index contributed by atoms with van der Waals surface area (Å²) in [6.45, 7) is 3.87. The third-order valence-corrected chi connectivity index (χ3v) is 3.32. The molecule has 110 valence electrons. The second-order valence-electron chi connectivity index (χ2n) is 5.11. The second kappa shape index (κ2) is 6.31. The molecule has 0 heterocycles. The average Bonchev–Trinajstić information content (AvgIpc) is 2.43. The maximum absolute atomic E-state index is 12.2. The molecule has 0 aliphatic heterocycles. The summed E-state index contributed by atoms with van der Waals surface area (Å²) in [5, 5.41) is 2.96. The smallest absolute Gasteiger partial charge is 0.228 e. The van der Waals surface area contributed by atoms with Crippen LogP contribution in [0.5, 0.6) is 5.75 Å². The molecule has 0 atom stereocenters. The summed E-state index contributed by atoms with van der Waals surface area (Å²) in [7, 11) is 1.61. The number of nitrogens with one attached hydrogen (secondary N) is 1. The van der Waals surface area contributed by atoms with Gasteiger partial charge >= 0.3 is 0 Å². The SMILES string of the molecule is COc1cccc(CC(=O)Nc2c(C)cc(N)cc2C)c1. The number of amides is 1. The second-order valence-corrected chi connectivity index (χ2v) is 5.11. The zero-order valence-electron chi connectivity index (χ0n) is 12.6. The van der Waals surface area contributed by atoms with Crippen molar-refractivity contribution in [3.05, 3.63) is 53.1 Å². The molecule has 0 bridgehead atoms. The molecule has 4 nitrogen and oxygen atoms in total. The first-order valence-corrected chi connectivity index (χ1v) is 6.79. The number of methoxy groups -OCH3 is 1. The Hall–Kier alpha value is -2.49. The van der Waals surface area contributed by atoms with E-state index >= 15 is 0 Å². The van der Waals surface area contributed by atoms with E-state index in [2.05, 4.69) is 5.32 Å². The van der Waals surface area contributed by atoms with E-state index in [0.717, 1.165) is 28.1 Å². The highest BCUT2D eigenvalue weighted by atomic mass is 16.5. The number of anilines is 2. The predicted octanol–water partition coefficient (Wildman–Crippen LogP) is 3.08. The molecule has 0 aliphatic rings. The van der Waals surface area contributed by atoms with E-state index in [4.69, 9.17) is 10.5 Å². The Morgan fingerprint density at radius 2 is 1.86 bits per heavy atom. The lowest BCUT2D eigenvalue weighted by Gasteiger charge is -2.13. The number of ether oxygens (including phenoxy) is 1. The van der Waals surface area contributed by atoms with Crippen LogP contribution < -0.4 is 15.8 Å². The van der Waals surface area contributed by atoms with Gasteiger partial charge < -0.3 is 15.8 Å². The molecule has 0 radical (unpaired) electrons. The van der Waals surface area contributed by atoms with Crippen molar-refractivity contribution < 1.29 is 9.53 Å². The zero-order valence-corrected chi connectivity index (χ0v) is 12.6. The number of rotatable bonds is 4. The number of carbonyl (C=O) groups is 1. The molecule has 0 saturated heterocycles. The van der Waals surface area contributed by atoms with Crippen LogP contribution in [-0.4, -0.2) is 13.0 Å². The molecule has 21 heavy (non-hydrogen) atoms. The van der Waals surface area contributed by atoms with E-state index in [1.165, 1.54) is 0 Å². The molecule has 1 amide bonds. The summed E-state index contributed by atoms with van der Waals surface area (Å²) in [4.78, 5) is 12.2. The molecule has 0 fully saturated rings. The maximum atomic E-state index is 12.2. The first-order valence-electron chi connectivity index (χ1n) is 6.79. The van der Waals surface area contributed by atoms with Crippen molar-refractivity contribution in [1.29, 1.82) is 0 Å². The third-order valence-electron chi connectivity index (χ3n) is 3.32. The van der Waals surface area contributed by atoms with E-state index in [1.54, 1.807) is 7.11 Å². The minimum atomic E-state index is -0.0563. The van der Waals surface area contributed by atoms with E-state index in [1.807, 2.05) is 50.2 Å². The van der Waals surface area contributed by atoms with Gasteiger partial charge in [0, 0.05) is 11.4 Å². The lowest BCUT2D eigenvalue weighted by atomic mass is 10.1. The van der Waals surface area contributed by atoms with Crippen molar-refractivity contribution in [1.82, 2.24) is 0 Å². The number of aryl methyl sites for hydroxylation is 2. The van der Waals surface area contributed by atoms with Gasteiger partial charge in [0.25, 0.3) is 0 Å². The quantitative estimate of drug-likeness (QED) is 0.848. The number of benzene rings is 2. The number of nitrogen functional groups attached to an aromatic ring is 1. The monoisotopic (exact) mass is 284 g/mol. The molecule has 2 aromatic carbocycles. The van der Waals surface area contributed by atoms with E-state index < -0.39 is 0 Å². The largest absolute Gasteiger partial charge is 0.497 e. The topological polar surface area (TPSA) is 64.3 Å². The van der Waals surface area contributed by atoms with Gasteiger partial charge in [-0.05, 0) is 54.8 Å². The summed E-state index contributed by atoms with van der Waals surface area (Å²) in [6.07, 6.45) is 0.306. The molecule has 2 rings (SSSR count). The van der Waals surface area contributed by atoms with Crippen molar-refractivity contribution in [2.45, 2.75) is 20.3 Å². The van der Waals surface area contributed by atoms with Crippen LogP contribution in [0.2, 0.25) is 0 Å². The van der Waals surface area contributed by atoms with Gasteiger partial charge in [0.2, 0.25) is 5.91 Å². The summed E-state index contributed by atoms with van der Waals surface area (Å²) < 4.78 is 5.16. The Bertz CT molecular complexity index is 643. The lowest BCUT2D eigenvalue weighted by molar-refractivity contribution is -0.115. The Kier molecular flexibility index (Phi) is 4.48. The predicted molar refractivity (Wildman–Crippen MR) is 85.7 cm³/mol. The third kappa shape index (κ3) is 3.75. The van der Waals surface area contributed by atoms with E-state index in [9.17, 15) is 4.79 Å². The summed E-state index contributed by atoms with van der Waals surface area (Å²) in [6, 6.07) is 11.2. The molecule has 0 aliphatic carbocycles. The fourth-order valence-electron chi connectivity index (χ4n) is 2.35. The normalized spacial score (nSPS) is 10.2. The van der Waals surface area contributed by atoms with Crippen LogP contribution in [0.3, 0.4) is 0 Å². The molecule has 0 spiro atoms. The van der Waals surface area contributed by atoms with Gasteiger partial charge in [-0.25, -0.2) is 0 Å². The van der Waals surface area contributed by atoms with Crippen LogP contribution in [-0.2, 0) is 11.2 Å². The number of hydrogen-bond donors (Lipinski definition) is 2. The van der Waals surface area contributed by atoms with Gasteiger partial charge in [0.15, 0.2) is 0 Å². The molecule has 3 N–H and O–H groups in total. The van der Waals surface area contributed by atoms with E-state index in [0.29, 0.717) is 12.1 Å². The first-order chi connectivity index (χ1) is 9.99. The van der Waals surface area contributed by atoms with Crippen molar-refractivity contribution in [3.63, 3.8) is 0 Å². The van der Waals surface area contributed by atoms with Crippen molar-refractivity contribution in [3.8, 4) is 5.75 Å². The first kappa shape index (κ1) is 14.9. The van der Waals surface area contributed by atoms with Crippen molar-refractivity contribution >= 4 is 17.3 Å². The van der Waals surface area contributed by atoms with E-state index in [-0.39, 0.29) is 5.91 Å². The molecule has 0 aromatic heterocycles. The molecular weight excluding hydrogens is 264 g/mol. The van der Waals surface area contributed by atoms with Gasteiger partial charge in [0.1, 0.15) is 5.75 Å². The molecule has 0 unspecified atom stereocenters. The van der Waals surface area contributed by atoms with Crippen LogP contribution in [0.15, 0.2) is 36.4 Å². The summed E-state index contributed by atoms with van der Waals surface area (Å²) in [5.41, 5.74) is 10.2. The molecule has 4 heteroatoms. The average molecular weight is 284 g/mol. The fourth-order valence-corrected chi connectivity index (χ4v) is 2.35. The summed E-state index contributed by atoms with van der Waals surface area (Å²) >= 11 is 0. The number of carbonyl (C=O) groups excluding carboxylic acids is 1. The highest BCUT2D eigenvalue weighted by Crippen LogP contribution is 2.23. The van der Waals surface area contributed by atoms with Crippen LogP contribution in [0.1, 0.15) is 16.7 Å². The Morgan fingerprint density at radius 1 is 1.19 bits per heavy atom. The van der Waals surface area contributed by atoms with Crippen LogP contribution in [0.4, 0.5) is 11.4 Å². The lowest BCUT2D eigenvalue weighted by Crippen LogP contribution is -2.16. The van der Waals surface area contributed by atoms with Gasteiger partial charge in [-0.3, -0.25) is 4.79 Å². The Labute approximate surface area is 124 Å². The van der Waals surface area contributed by atoms with Crippen molar-refractivity contribution in [2.75, 3.05) is 18.2 Å². The minimum Gasteiger partial charge on any atom is -0.497 e. The highest BCUT2D eigenvalue weighted by molar-refractivity contribution is 5.94. The minimum absolute atomic E-state index is 0.0563. The number of hydrogen-bond acceptors (Lipinski definition) is 3.